The highest BCUT2D eigenvalue weighted by Gasteiger charge is 2.68. The number of benzene rings is 1. The third-order valence-electron chi connectivity index (χ3n) is 5.47. The molecule has 0 bridgehead atoms. The molecule has 1 aromatic rings. The molecule has 25 heavy (non-hydrogen) atoms. The van der Waals surface area contributed by atoms with Crippen molar-refractivity contribution in [3.05, 3.63) is 35.9 Å². The Bertz CT molecular complexity index is 784. The highest BCUT2D eigenvalue weighted by atomic mass is 32.1. The number of rotatable bonds is 3. The lowest BCUT2D eigenvalue weighted by Gasteiger charge is -2.41. The molecule has 2 saturated heterocycles. The van der Waals surface area contributed by atoms with E-state index in [1.807, 2.05) is 43.8 Å². The van der Waals surface area contributed by atoms with Crippen LogP contribution in [0.3, 0.4) is 0 Å². The minimum absolute atomic E-state index is 0.234. The average Bonchev–Trinajstić information content (AvgIpc) is 2.84. The number of ketones is 1. The molecule has 6 nitrogen and oxygen atoms in total. The van der Waals surface area contributed by atoms with E-state index in [0.717, 1.165) is 0 Å². The molecule has 1 amide bonds. The highest BCUT2D eigenvalue weighted by molar-refractivity contribution is 7.80. The Kier molecular flexibility index (Phi) is 4.08. The highest BCUT2D eigenvalue weighted by Crippen LogP contribution is 2.45. The van der Waals surface area contributed by atoms with Crippen molar-refractivity contribution < 1.29 is 9.59 Å². The van der Waals surface area contributed by atoms with Gasteiger partial charge in [-0.2, -0.15) is 0 Å². The van der Waals surface area contributed by atoms with Crippen LogP contribution in [0.4, 0.5) is 0 Å². The first-order chi connectivity index (χ1) is 11.6. The standard InChI is InChI=1S/C17H20N4O2S2/c1-16-17(2,19(3)14(24)18-16)20(4)15(25)21(16)13(23)10-12(22)11-8-6-5-7-9-11/h5-9H,10H2,1-4H3,(H,18,24)/t16-,17+/m1/s1. The zero-order valence-corrected chi connectivity index (χ0v) is 16.2. The maximum absolute atomic E-state index is 13.0. The second kappa shape index (κ2) is 5.74. The van der Waals surface area contributed by atoms with E-state index in [1.54, 1.807) is 24.3 Å². The smallest absolute Gasteiger partial charge is 0.238 e. The van der Waals surface area contributed by atoms with Crippen LogP contribution < -0.4 is 5.32 Å². The van der Waals surface area contributed by atoms with Crippen LogP contribution in [0.5, 0.6) is 0 Å². The lowest BCUT2D eigenvalue weighted by molar-refractivity contribution is -0.132. The Morgan fingerprint density at radius 3 is 2.28 bits per heavy atom. The van der Waals surface area contributed by atoms with Gasteiger partial charge in [-0.3, -0.25) is 14.5 Å². The van der Waals surface area contributed by atoms with Crippen molar-refractivity contribution in [2.75, 3.05) is 14.1 Å². The van der Waals surface area contributed by atoms with Crippen LogP contribution in [-0.2, 0) is 4.79 Å². The first-order valence-corrected chi connectivity index (χ1v) is 8.71. The number of nitrogens with one attached hydrogen (secondary N) is 1. The van der Waals surface area contributed by atoms with Crippen molar-refractivity contribution in [3.8, 4) is 0 Å². The molecule has 1 aromatic carbocycles. The number of carbonyl (C=O) groups is 2. The molecule has 132 valence electrons. The van der Waals surface area contributed by atoms with E-state index < -0.39 is 11.3 Å². The van der Waals surface area contributed by atoms with Crippen molar-refractivity contribution >= 4 is 46.4 Å². The van der Waals surface area contributed by atoms with Gasteiger partial charge in [0.15, 0.2) is 27.3 Å². The first-order valence-electron chi connectivity index (χ1n) is 7.89. The maximum Gasteiger partial charge on any atom is 0.238 e. The van der Waals surface area contributed by atoms with E-state index in [-0.39, 0.29) is 18.1 Å². The van der Waals surface area contributed by atoms with Crippen LogP contribution in [0, 0.1) is 0 Å². The maximum atomic E-state index is 13.0. The molecule has 0 radical (unpaired) electrons. The molecular formula is C17H20N4O2S2. The largest absolute Gasteiger partial charge is 0.336 e. The van der Waals surface area contributed by atoms with Gasteiger partial charge in [0.2, 0.25) is 5.91 Å². The number of likely N-dealkylation sites (N-methyl/N-ethyl adjacent to an activating group) is 2. The predicted molar refractivity (Wildman–Crippen MR) is 103 cm³/mol. The number of amides is 1. The minimum atomic E-state index is -0.848. The average molecular weight is 377 g/mol. The number of carbonyl (C=O) groups excluding carboxylic acids is 2. The minimum Gasteiger partial charge on any atom is -0.336 e. The summed E-state index contributed by atoms with van der Waals surface area (Å²) >= 11 is 10.9. The van der Waals surface area contributed by atoms with Crippen molar-refractivity contribution in [2.24, 2.45) is 0 Å². The molecule has 2 aliphatic rings. The number of fused-ring (bicyclic) bond motifs is 1. The summed E-state index contributed by atoms with van der Waals surface area (Å²) in [5, 5.41) is 4.12. The lowest BCUT2D eigenvalue weighted by atomic mass is 9.96. The lowest BCUT2D eigenvalue weighted by Crippen LogP contribution is -2.64. The van der Waals surface area contributed by atoms with Crippen LogP contribution in [0.1, 0.15) is 30.6 Å². The molecule has 1 N–H and O–H groups in total. The number of hydrogen-bond donors (Lipinski definition) is 1. The summed E-state index contributed by atoms with van der Waals surface area (Å²) in [6.45, 7) is 3.85. The Morgan fingerprint density at radius 1 is 1.08 bits per heavy atom. The fraction of sp³-hybridized carbons (Fsp3) is 0.412. The van der Waals surface area contributed by atoms with Crippen molar-refractivity contribution in [2.45, 2.75) is 31.6 Å². The molecular weight excluding hydrogens is 356 g/mol. The van der Waals surface area contributed by atoms with Gasteiger partial charge in [0, 0.05) is 19.7 Å². The Morgan fingerprint density at radius 2 is 1.68 bits per heavy atom. The summed E-state index contributed by atoms with van der Waals surface area (Å²) in [6, 6.07) is 8.78. The molecule has 8 heteroatoms. The van der Waals surface area contributed by atoms with Crippen molar-refractivity contribution in [1.29, 1.82) is 0 Å². The second-order valence-corrected chi connectivity index (χ2v) is 7.37. The molecule has 0 unspecified atom stereocenters. The van der Waals surface area contributed by atoms with Gasteiger partial charge in [0.25, 0.3) is 0 Å². The van der Waals surface area contributed by atoms with Gasteiger partial charge in [0.1, 0.15) is 0 Å². The van der Waals surface area contributed by atoms with Crippen molar-refractivity contribution in [1.82, 2.24) is 20.0 Å². The van der Waals surface area contributed by atoms with E-state index in [1.165, 1.54) is 4.90 Å². The molecule has 2 aliphatic heterocycles. The zero-order chi connectivity index (χ0) is 18.6. The first kappa shape index (κ1) is 17.8. The Balaban J connectivity index is 1.91. The van der Waals surface area contributed by atoms with Gasteiger partial charge in [-0.1, -0.05) is 30.3 Å². The van der Waals surface area contributed by atoms with Crippen LogP contribution in [0.15, 0.2) is 30.3 Å². The number of Topliss-reactive ketones (excluding diaryl/α,β-unsaturated/α-hetero) is 1. The van der Waals surface area contributed by atoms with Crippen LogP contribution in [-0.4, -0.2) is 62.0 Å². The normalized spacial score (nSPS) is 28.2. The summed E-state index contributed by atoms with van der Waals surface area (Å²) in [6.07, 6.45) is -0.248. The van der Waals surface area contributed by atoms with E-state index in [4.69, 9.17) is 24.4 Å². The predicted octanol–water partition coefficient (Wildman–Crippen LogP) is 1.57. The molecule has 0 aliphatic carbocycles. The third kappa shape index (κ3) is 2.27. The fourth-order valence-corrected chi connectivity index (χ4v) is 4.42. The van der Waals surface area contributed by atoms with Gasteiger partial charge >= 0.3 is 0 Å². The van der Waals surface area contributed by atoms with Crippen LogP contribution >= 0.6 is 24.4 Å². The van der Waals surface area contributed by atoms with E-state index in [2.05, 4.69) is 5.32 Å². The summed E-state index contributed by atoms with van der Waals surface area (Å²) < 4.78 is 0. The van der Waals surface area contributed by atoms with Crippen LogP contribution in [0.2, 0.25) is 0 Å². The summed E-state index contributed by atoms with van der Waals surface area (Å²) in [5.74, 6) is -0.579. The third-order valence-corrected chi connectivity index (χ3v) is 6.30. The summed E-state index contributed by atoms with van der Waals surface area (Å²) in [7, 11) is 3.70. The molecule has 2 atom stereocenters. The van der Waals surface area contributed by atoms with Crippen molar-refractivity contribution in [3.63, 3.8) is 0 Å². The Hall–Kier alpha value is -2.06. The summed E-state index contributed by atoms with van der Waals surface area (Å²) in [4.78, 5) is 30.6. The van der Waals surface area contributed by atoms with E-state index >= 15 is 0 Å². The molecule has 0 spiro atoms. The summed E-state index contributed by atoms with van der Waals surface area (Å²) in [5.41, 5.74) is -0.972. The number of hydrogen-bond acceptors (Lipinski definition) is 4. The molecule has 2 fully saturated rings. The molecule has 0 aromatic heterocycles. The quantitative estimate of drug-likeness (QED) is 0.488. The monoisotopic (exact) mass is 376 g/mol. The van der Waals surface area contributed by atoms with Gasteiger partial charge < -0.3 is 15.1 Å². The van der Waals surface area contributed by atoms with E-state index in [0.29, 0.717) is 15.8 Å². The molecule has 0 saturated carbocycles. The molecule has 2 heterocycles. The second-order valence-electron chi connectivity index (χ2n) is 6.62. The van der Waals surface area contributed by atoms with E-state index in [9.17, 15) is 9.59 Å². The number of thiocarbonyl (C=S) groups is 2. The topological polar surface area (TPSA) is 55.9 Å². The fourth-order valence-electron chi connectivity index (χ4n) is 3.58. The zero-order valence-electron chi connectivity index (χ0n) is 14.6. The van der Waals surface area contributed by atoms with Gasteiger partial charge in [-0.25, -0.2) is 0 Å². The Labute approximate surface area is 157 Å². The van der Waals surface area contributed by atoms with Gasteiger partial charge in [-0.05, 0) is 38.3 Å². The SMILES string of the molecule is CN1C(=S)N[C@]2(C)N(C(=O)CC(=O)c3ccccc3)C(=S)N(C)[C@]12C. The van der Waals surface area contributed by atoms with Gasteiger partial charge in [-0.15, -0.1) is 0 Å². The number of nitrogens with zero attached hydrogens (tertiary/aromatic N) is 3. The van der Waals surface area contributed by atoms with Crippen LogP contribution in [0.25, 0.3) is 0 Å². The molecule has 3 rings (SSSR count). The van der Waals surface area contributed by atoms with Gasteiger partial charge in [0.05, 0.1) is 6.42 Å².